The van der Waals surface area contributed by atoms with E-state index in [0.717, 1.165) is 60.2 Å². The Balaban J connectivity index is 1.98. The van der Waals surface area contributed by atoms with Crippen LogP contribution in [-0.4, -0.2) is 18.4 Å². The molecule has 0 saturated heterocycles. The second kappa shape index (κ2) is 11.1. The predicted octanol–water partition coefficient (Wildman–Crippen LogP) is 9.69. The summed E-state index contributed by atoms with van der Waals surface area (Å²) in [7, 11) is -2.09. The van der Waals surface area contributed by atoms with Crippen molar-refractivity contribution in [1.82, 2.24) is 4.98 Å². The number of nitrogens with zero attached hydrogens (tertiary/aromatic N) is 2. The molecule has 2 aromatic rings. The van der Waals surface area contributed by atoms with Crippen molar-refractivity contribution in [2.75, 3.05) is 0 Å². The van der Waals surface area contributed by atoms with E-state index in [0.29, 0.717) is 0 Å². The average Bonchev–Trinajstić information content (AvgIpc) is 3.40. The molecule has 0 amide bonds. The van der Waals surface area contributed by atoms with Gasteiger partial charge in [-0.2, -0.15) is 5.26 Å². The first kappa shape index (κ1) is 31.7. The number of rotatable bonds is 7. The zero-order valence-electron chi connectivity index (χ0n) is 27.4. The molecule has 2 atom stereocenters. The van der Waals surface area contributed by atoms with Gasteiger partial charge in [0.15, 0.2) is 8.32 Å². The van der Waals surface area contributed by atoms with E-state index in [1.165, 1.54) is 16.7 Å². The monoisotopic (exact) mass is 572 g/mol. The minimum absolute atomic E-state index is 0.0513. The highest BCUT2D eigenvalue weighted by Crippen LogP contribution is 2.52. The Labute approximate surface area is 250 Å². The van der Waals surface area contributed by atoms with Crippen LogP contribution in [0, 0.1) is 16.7 Å². The molecule has 5 heteroatoms. The van der Waals surface area contributed by atoms with Crippen LogP contribution in [0.4, 0.5) is 0 Å². The number of hydrogen-bond donors (Lipinski definition) is 1. The highest BCUT2D eigenvalue weighted by atomic mass is 28.4. The molecule has 0 bridgehead atoms. The van der Waals surface area contributed by atoms with Crippen LogP contribution in [0.5, 0.6) is 0 Å². The fourth-order valence-electron chi connectivity index (χ4n) is 6.20. The second-order valence-corrected chi connectivity index (χ2v) is 20.4. The number of benzene rings is 1. The zero-order chi connectivity index (χ0) is 30.5. The molecule has 4 rings (SSSR count). The van der Waals surface area contributed by atoms with Crippen molar-refractivity contribution in [1.29, 1.82) is 5.26 Å². The van der Waals surface area contributed by atoms with Crippen LogP contribution in [0.1, 0.15) is 145 Å². The van der Waals surface area contributed by atoms with E-state index in [4.69, 9.17) is 9.41 Å². The molecule has 0 saturated carbocycles. The summed E-state index contributed by atoms with van der Waals surface area (Å²) in [5.41, 5.74) is 8.13. The summed E-state index contributed by atoms with van der Waals surface area (Å²) < 4.78 is 7.27. The maximum Gasteiger partial charge on any atom is 0.192 e. The highest BCUT2D eigenvalue weighted by molar-refractivity contribution is 6.74. The van der Waals surface area contributed by atoms with Crippen molar-refractivity contribution in [3.8, 4) is 6.07 Å². The topological polar surface area (TPSA) is 66.1 Å². The van der Waals surface area contributed by atoms with Gasteiger partial charge in [-0.1, -0.05) is 78.8 Å². The zero-order valence-corrected chi connectivity index (χ0v) is 28.4. The van der Waals surface area contributed by atoms with Gasteiger partial charge in [0.1, 0.15) is 6.10 Å². The highest BCUT2D eigenvalue weighted by Gasteiger charge is 2.45. The molecule has 0 radical (unpaired) electrons. The molecule has 0 fully saturated rings. The van der Waals surface area contributed by atoms with Crippen molar-refractivity contribution in [3.63, 3.8) is 0 Å². The van der Waals surface area contributed by atoms with E-state index in [9.17, 15) is 10.4 Å². The van der Waals surface area contributed by atoms with E-state index < -0.39 is 19.8 Å². The Morgan fingerprint density at radius 1 is 1.10 bits per heavy atom. The summed E-state index contributed by atoms with van der Waals surface area (Å²) in [6.07, 6.45) is 6.59. The number of aromatic nitrogens is 1. The summed E-state index contributed by atoms with van der Waals surface area (Å²) in [6, 6.07) is 10.3. The predicted molar refractivity (Wildman–Crippen MR) is 172 cm³/mol. The summed E-state index contributed by atoms with van der Waals surface area (Å²) in [4.78, 5) is 5.40. The molecule has 222 valence electrons. The summed E-state index contributed by atoms with van der Waals surface area (Å²) in [5, 5.41) is 21.9. The molecule has 0 spiro atoms. The van der Waals surface area contributed by atoms with E-state index in [1.807, 2.05) is 38.1 Å². The Kier molecular flexibility index (Phi) is 8.57. The molecule has 1 aromatic carbocycles. The van der Waals surface area contributed by atoms with Crippen LogP contribution in [0.25, 0.3) is 5.57 Å². The first-order valence-corrected chi connectivity index (χ1v) is 18.4. The van der Waals surface area contributed by atoms with Gasteiger partial charge in [0.25, 0.3) is 0 Å². The van der Waals surface area contributed by atoms with Gasteiger partial charge in [-0.05, 0) is 97.7 Å². The normalized spacial score (nSPS) is 20.0. The van der Waals surface area contributed by atoms with E-state index in [1.54, 1.807) is 0 Å². The largest absolute Gasteiger partial charge is 0.410 e. The van der Waals surface area contributed by atoms with Gasteiger partial charge in [-0.3, -0.25) is 4.98 Å². The van der Waals surface area contributed by atoms with Crippen molar-refractivity contribution in [3.05, 3.63) is 69.5 Å². The molecule has 2 aliphatic carbocycles. The number of allylic oxidation sites excluding steroid dienone is 2. The third-order valence-electron chi connectivity index (χ3n) is 9.74. The first-order chi connectivity index (χ1) is 18.9. The van der Waals surface area contributed by atoms with Gasteiger partial charge in [0, 0.05) is 22.5 Å². The molecule has 4 nitrogen and oxygen atoms in total. The fourth-order valence-corrected chi connectivity index (χ4v) is 7.47. The molecule has 1 N–H and O–H groups in total. The third-order valence-corrected chi connectivity index (χ3v) is 14.2. The van der Waals surface area contributed by atoms with Gasteiger partial charge >= 0.3 is 0 Å². The van der Waals surface area contributed by atoms with Gasteiger partial charge in [0.05, 0.1) is 17.6 Å². The Morgan fingerprint density at radius 2 is 1.73 bits per heavy atom. The van der Waals surface area contributed by atoms with E-state index in [-0.39, 0.29) is 22.5 Å². The van der Waals surface area contributed by atoms with Crippen molar-refractivity contribution >= 4 is 13.9 Å². The van der Waals surface area contributed by atoms with Gasteiger partial charge in [-0.25, -0.2) is 0 Å². The van der Waals surface area contributed by atoms with Crippen molar-refractivity contribution < 1.29 is 9.53 Å². The Hall–Kier alpha value is -2.26. The minimum atomic E-state index is -2.09. The van der Waals surface area contributed by atoms with Crippen LogP contribution >= 0.6 is 0 Å². The fraction of sp³-hybridized carbons (Fsp3) is 0.611. The molecule has 1 aromatic heterocycles. The van der Waals surface area contributed by atoms with Crippen LogP contribution in [0.15, 0.2) is 30.3 Å². The van der Waals surface area contributed by atoms with E-state index >= 15 is 0 Å². The number of fused-ring (bicyclic) bond motifs is 1. The quantitative estimate of drug-likeness (QED) is 0.335. The SMILES string of the molecule is CC(C)c1nc2c(c(C3=CCCC3)c1[C@H](O)c1ccc(C(C)(C)C#N)cc1)C(O[Si](C)(C)C(C)(C)C)CC(C)(C)C2. The van der Waals surface area contributed by atoms with Gasteiger partial charge in [0.2, 0.25) is 0 Å². The number of hydrogen-bond acceptors (Lipinski definition) is 4. The number of aliphatic hydroxyl groups is 1. The summed E-state index contributed by atoms with van der Waals surface area (Å²) in [5.74, 6) is 0.160. The minimum Gasteiger partial charge on any atom is -0.410 e. The number of pyridine rings is 1. The first-order valence-electron chi connectivity index (χ1n) is 15.5. The summed E-state index contributed by atoms with van der Waals surface area (Å²) in [6.45, 7) is 24.5. The average molecular weight is 573 g/mol. The lowest BCUT2D eigenvalue weighted by Crippen LogP contribution is -2.44. The Morgan fingerprint density at radius 3 is 2.24 bits per heavy atom. The number of nitriles is 1. The van der Waals surface area contributed by atoms with Crippen LogP contribution < -0.4 is 0 Å². The maximum atomic E-state index is 12.2. The maximum absolute atomic E-state index is 12.2. The summed E-state index contributed by atoms with van der Waals surface area (Å²) >= 11 is 0. The van der Waals surface area contributed by atoms with Crippen LogP contribution in [-0.2, 0) is 16.3 Å². The third kappa shape index (κ3) is 6.26. The van der Waals surface area contributed by atoms with Crippen LogP contribution in [0.3, 0.4) is 0 Å². The van der Waals surface area contributed by atoms with Gasteiger partial charge < -0.3 is 9.53 Å². The molecule has 1 unspecified atom stereocenters. The van der Waals surface area contributed by atoms with Crippen molar-refractivity contribution in [2.45, 2.75) is 136 Å². The molecule has 1 heterocycles. The lowest BCUT2D eigenvalue weighted by molar-refractivity contribution is 0.105. The van der Waals surface area contributed by atoms with Crippen LogP contribution in [0.2, 0.25) is 18.1 Å². The van der Waals surface area contributed by atoms with Crippen molar-refractivity contribution in [2.24, 2.45) is 5.41 Å². The molecular weight excluding hydrogens is 520 g/mol. The van der Waals surface area contributed by atoms with Gasteiger partial charge in [-0.15, -0.1) is 0 Å². The lowest BCUT2D eigenvalue weighted by Gasteiger charge is -2.45. The molecule has 0 aliphatic heterocycles. The van der Waals surface area contributed by atoms with E-state index in [2.05, 4.69) is 73.7 Å². The molecule has 41 heavy (non-hydrogen) atoms. The number of aliphatic hydroxyl groups excluding tert-OH is 1. The lowest BCUT2D eigenvalue weighted by atomic mass is 9.71. The second-order valence-electron chi connectivity index (χ2n) is 15.6. The molecule has 2 aliphatic rings. The molecular formula is C36H52N2O2Si. The standard InChI is InChI=1S/C36H52N2O2Si/c1-23(2)32-31(33(39)25-16-18-26(19-17-25)36(8,9)22-37)29(24-14-12-13-15-24)30-27(38-32)20-35(6,7)21-28(30)40-41(10,11)34(3,4)5/h14,16-19,23,28,33,39H,12-13,15,20-21H2,1-11H3/t28?,33-/m1/s1. The Bertz CT molecular complexity index is 1350. The smallest absolute Gasteiger partial charge is 0.192 e.